The van der Waals surface area contributed by atoms with Gasteiger partial charge in [-0.1, -0.05) is 61.8 Å². The summed E-state index contributed by atoms with van der Waals surface area (Å²) in [5, 5.41) is 8.82. The maximum absolute atomic E-state index is 13.4. The molecule has 0 saturated heterocycles. The molecule has 6 bridgehead atoms. The zero-order valence-electron chi connectivity index (χ0n) is 28.4. The van der Waals surface area contributed by atoms with Gasteiger partial charge in [-0.25, -0.2) is 0 Å². The predicted molar refractivity (Wildman–Crippen MR) is 187 cm³/mol. The van der Waals surface area contributed by atoms with Gasteiger partial charge < -0.3 is 30.3 Å². The van der Waals surface area contributed by atoms with E-state index in [0.29, 0.717) is 39.6 Å². The van der Waals surface area contributed by atoms with Crippen LogP contribution in [0.1, 0.15) is 47.6 Å². The second-order valence-corrected chi connectivity index (χ2v) is 13.3. The molecule has 274 valence electrons. The first-order valence-corrected chi connectivity index (χ1v) is 16.7. The lowest BCUT2D eigenvalue weighted by atomic mass is 9.92. The lowest BCUT2D eigenvalue weighted by molar-refractivity contribution is -0.154. The summed E-state index contributed by atoms with van der Waals surface area (Å²) in [6, 6.07) is 19.8. The van der Waals surface area contributed by atoms with Crippen LogP contribution in [-0.2, 0) is 22.6 Å². The molecule has 16 heteroatoms. The Bertz CT molecular complexity index is 1880. The summed E-state index contributed by atoms with van der Waals surface area (Å²) >= 11 is 6.51. The molecule has 0 spiro atoms. The molecule has 5 heterocycles. The van der Waals surface area contributed by atoms with Gasteiger partial charge in [0.25, 0.3) is 5.91 Å². The standard InChI is InChI=1S/C36H37ClF3N7O5/c1-35(2)20-42-30(48)25-12-9-23(10-13-25)18-29-44-33(46-34(45-29)52-22-36(38,39)40)41-19-24-11-14-28(27(37)17-24)51-16-6-15-47(21-35)32(50)31(49)43-26-7-4-3-5-8-26/h3-5,7-14,17H,6,15-16,18-22H2,1-2H3,(H,42,48)(H,43,49)(H,41,44,45,46). The van der Waals surface area contributed by atoms with Gasteiger partial charge in [0.2, 0.25) is 5.95 Å². The van der Waals surface area contributed by atoms with Gasteiger partial charge in [-0.3, -0.25) is 14.4 Å². The number of amides is 3. The third-order valence-corrected chi connectivity index (χ3v) is 8.04. The Balaban J connectivity index is 1.38. The van der Waals surface area contributed by atoms with E-state index < -0.39 is 36.0 Å². The third-order valence-electron chi connectivity index (χ3n) is 7.74. The number of nitrogens with one attached hydrogen (secondary N) is 3. The van der Waals surface area contributed by atoms with Gasteiger partial charge in [-0.15, -0.1) is 0 Å². The van der Waals surface area contributed by atoms with Crippen molar-refractivity contribution in [3.05, 3.63) is 100 Å². The monoisotopic (exact) mass is 739 g/mol. The minimum Gasteiger partial charge on any atom is -0.492 e. The molecule has 8 rings (SSSR count). The maximum Gasteiger partial charge on any atom is 0.422 e. The smallest absolute Gasteiger partial charge is 0.422 e. The summed E-state index contributed by atoms with van der Waals surface area (Å²) in [7, 11) is 0. The minimum atomic E-state index is -4.60. The first kappa shape index (κ1) is 37.8. The van der Waals surface area contributed by atoms with Gasteiger partial charge in [0, 0.05) is 43.9 Å². The fourth-order valence-corrected chi connectivity index (χ4v) is 5.47. The third kappa shape index (κ3) is 11.3. The van der Waals surface area contributed by atoms with E-state index in [1.807, 2.05) is 13.8 Å². The van der Waals surface area contributed by atoms with Crippen molar-refractivity contribution in [2.75, 3.05) is 43.5 Å². The first-order valence-electron chi connectivity index (χ1n) is 16.4. The summed E-state index contributed by atoms with van der Waals surface area (Å²) in [6.07, 6.45) is -4.13. The van der Waals surface area contributed by atoms with Gasteiger partial charge in [0.15, 0.2) is 6.61 Å². The number of halogens is 4. The molecule has 4 aliphatic rings. The highest BCUT2D eigenvalue weighted by molar-refractivity contribution is 6.39. The fraction of sp³-hybridized carbons (Fsp3) is 0.333. The molecule has 4 aliphatic heterocycles. The number of aromatic nitrogens is 3. The summed E-state index contributed by atoms with van der Waals surface area (Å²) < 4.78 is 49.4. The Labute approximate surface area is 303 Å². The lowest BCUT2D eigenvalue weighted by Gasteiger charge is -2.32. The second kappa shape index (κ2) is 16.7. The van der Waals surface area contributed by atoms with E-state index in [2.05, 4.69) is 30.9 Å². The molecule has 4 aromatic rings. The number of rotatable bonds is 3. The predicted octanol–water partition coefficient (Wildman–Crippen LogP) is 5.67. The van der Waals surface area contributed by atoms with Gasteiger partial charge in [-0.2, -0.15) is 28.1 Å². The fourth-order valence-electron chi connectivity index (χ4n) is 5.21. The van der Waals surface area contributed by atoms with Crippen LogP contribution in [0.5, 0.6) is 11.8 Å². The molecular weight excluding hydrogens is 703 g/mol. The van der Waals surface area contributed by atoms with Crippen LogP contribution < -0.4 is 25.4 Å². The van der Waals surface area contributed by atoms with Crippen molar-refractivity contribution < 1.29 is 37.0 Å². The largest absolute Gasteiger partial charge is 0.492 e. The summed E-state index contributed by atoms with van der Waals surface area (Å²) in [6.45, 7) is 3.01. The van der Waals surface area contributed by atoms with Crippen molar-refractivity contribution in [2.45, 2.75) is 39.4 Å². The van der Waals surface area contributed by atoms with E-state index in [4.69, 9.17) is 21.1 Å². The van der Waals surface area contributed by atoms with Crippen LogP contribution in [0.3, 0.4) is 0 Å². The molecule has 3 amide bonds. The highest BCUT2D eigenvalue weighted by Crippen LogP contribution is 2.27. The van der Waals surface area contributed by atoms with Crippen molar-refractivity contribution in [3.8, 4) is 11.8 Å². The van der Waals surface area contributed by atoms with E-state index in [9.17, 15) is 27.6 Å². The Hall–Kier alpha value is -5.44. The van der Waals surface area contributed by atoms with E-state index in [0.717, 1.165) is 0 Å². The van der Waals surface area contributed by atoms with Crippen LogP contribution in [0.2, 0.25) is 5.02 Å². The number of benzene rings is 3. The number of ether oxygens (including phenoxy) is 2. The zero-order chi connectivity index (χ0) is 37.3. The summed E-state index contributed by atoms with van der Waals surface area (Å²) in [5.41, 5.74) is 1.57. The normalized spacial score (nSPS) is 15.4. The molecule has 3 N–H and O–H groups in total. The average Bonchev–Trinajstić information content (AvgIpc) is 3.10. The van der Waals surface area contributed by atoms with Crippen molar-refractivity contribution in [3.63, 3.8) is 0 Å². The van der Waals surface area contributed by atoms with E-state index in [1.165, 1.54) is 4.90 Å². The van der Waals surface area contributed by atoms with Crippen LogP contribution in [0.4, 0.5) is 24.8 Å². The Morgan fingerprint density at radius 1 is 1.00 bits per heavy atom. The molecule has 0 saturated carbocycles. The van der Waals surface area contributed by atoms with Crippen LogP contribution >= 0.6 is 11.6 Å². The molecule has 12 nitrogen and oxygen atoms in total. The number of para-hydroxylation sites is 1. The van der Waals surface area contributed by atoms with E-state index in [-0.39, 0.29) is 56.9 Å². The number of carbonyl (C=O) groups excluding carboxylic acids is 3. The number of carbonyl (C=O) groups is 3. The van der Waals surface area contributed by atoms with Crippen LogP contribution in [0.25, 0.3) is 0 Å². The minimum absolute atomic E-state index is 0.0109. The summed E-state index contributed by atoms with van der Waals surface area (Å²) in [4.78, 5) is 53.4. The summed E-state index contributed by atoms with van der Waals surface area (Å²) in [5.74, 6) is -1.36. The molecule has 3 aromatic carbocycles. The number of hydrogen-bond donors (Lipinski definition) is 3. The quantitative estimate of drug-likeness (QED) is 0.226. The molecule has 0 fully saturated rings. The Kier molecular flexibility index (Phi) is 12.2. The highest BCUT2D eigenvalue weighted by atomic mass is 35.5. The van der Waals surface area contributed by atoms with Crippen molar-refractivity contribution >= 4 is 41.0 Å². The Morgan fingerprint density at radius 3 is 2.44 bits per heavy atom. The number of alkyl halides is 3. The molecule has 1 aromatic heterocycles. The van der Waals surface area contributed by atoms with Crippen molar-refractivity contribution in [1.29, 1.82) is 0 Å². The van der Waals surface area contributed by atoms with Gasteiger partial charge >= 0.3 is 24.0 Å². The molecule has 52 heavy (non-hydrogen) atoms. The van der Waals surface area contributed by atoms with E-state index >= 15 is 0 Å². The maximum atomic E-state index is 13.4. The van der Waals surface area contributed by atoms with Crippen molar-refractivity contribution in [2.24, 2.45) is 5.41 Å². The van der Waals surface area contributed by atoms with Crippen LogP contribution in [-0.4, -0.2) is 76.6 Å². The van der Waals surface area contributed by atoms with Crippen molar-refractivity contribution in [1.82, 2.24) is 25.2 Å². The first-order chi connectivity index (χ1) is 24.7. The molecule has 0 unspecified atom stereocenters. The van der Waals surface area contributed by atoms with Gasteiger partial charge in [0.1, 0.15) is 11.6 Å². The SMILES string of the molecule is CC1(C)CNC(=O)c2ccc(cc2)Cc2nc(nc(OCC(F)(F)F)n2)NCc2ccc(c(Cl)c2)OCCCN(C(=O)C(=O)Nc2ccccc2)C1. The molecular formula is C36H37ClF3N7O5. The lowest BCUT2D eigenvalue weighted by Crippen LogP contribution is -2.48. The van der Waals surface area contributed by atoms with Crippen LogP contribution in [0.15, 0.2) is 72.8 Å². The topological polar surface area (TPSA) is 148 Å². The van der Waals surface area contributed by atoms with Crippen LogP contribution in [0, 0.1) is 5.41 Å². The Morgan fingerprint density at radius 2 is 1.73 bits per heavy atom. The molecule has 0 aliphatic carbocycles. The number of nitrogens with zero attached hydrogens (tertiary/aromatic N) is 4. The molecule has 0 radical (unpaired) electrons. The second-order valence-electron chi connectivity index (χ2n) is 12.8. The zero-order valence-corrected chi connectivity index (χ0v) is 29.2. The number of hydrogen-bond acceptors (Lipinski definition) is 9. The molecule has 0 atom stereocenters. The van der Waals surface area contributed by atoms with Gasteiger partial charge in [0.05, 0.1) is 11.6 Å². The number of anilines is 2. The van der Waals surface area contributed by atoms with E-state index in [1.54, 1.807) is 72.8 Å². The average molecular weight is 740 g/mol. The van der Waals surface area contributed by atoms with Gasteiger partial charge in [-0.05, 0) is 59.4 Å². The highest BCUT2D eigenvalue weighted by Gasteiger charge is 2.30.